The molecule has 0 aliphatic rings. The van der Waals surface area contributed by atoms with Gasteiger partial charge in [0.15, 0.2) is 5.11 Å². The van der Waals surface area contributed by atoms with Crippen molar-refractivity contribution in [3.05, 3.63) is 22.7 Å². The number of halogens is 1. The molecule has 0 saturated carbocycles. The van der Waals surface area contributed by atoms with Gasteiger partial charge >= 0.3 is 0 Å². The first-order valence-electron chi connectivity index (χ1n) is 4.95. The number of ether oxygens (including phenoxy) is 1. The van der Waals surface area contributed by atoms with E-state index in [1.54, 1.807) is 19.2 Å². The van der Waals surface area contributed by atoms with Gasteiger partial charge in [0.1, 0.15) is 5.75 Å². The van der Waals surface area contributed by atoms with Gasteiger partial charge in [-0.15, -0.1) is 0 Å². The average Bonchev–Trinajstić information content (AvgIpc) is 2.25. The van der Waals surface area contributed by atoms with Crippen LogP contribution in [-0.2, 0) is 0 Å². The summed E-state index contributed by atoms with van der Waals surface area (Å²) in [5.41, 5.74) is 6.96. The van der Waals surface area contributed by atoms with Gasteiger partial charge in [0, 0.05) is 22.3 Å². The van der Waals surface area contributed by atoms with E-state index in [0.29, 0.717) is 10.8 Å². The number of hydrogen-bond acceptors (Lipinski definition) is 2. The van der Waals surface area contributed by atoms with E-state index in [0.717, 1.165) is 11.3 Å². The quantitative estimate of drug-likeness (QED) is 0.801. The normalized spacial score (nSPS) is 8.81. The largest absolute Gasteiger partial charge is 0.496 e. The molecule has 0 spiro atoms. The Morgan fingerprint density at radius 2 is 2.00 bits per heavy atom. The topological polar surface area (TPSA) is 47.3 Å². The zero-order valence-corrected chi connectivity index (χ0v) is 11.5. The van der Waals surface area contributed by atoms with Crippen molar-refractivity contribution in [2.45, 2.75) is 20.8 Å². The second kappa shape index (κ2) is 7.30. The lowest BCUT2D eigenvalue weighted by atomic mass is 10.2. The number of benzene rings is 1. The lowest BCUT2D eigenvalue weighted by molar-refractivity contribution is 0.412. The second-order valence-electron chi connectivity index (χ2n) is 2.77. The lowest BCUT2D eigenvalue weighted by Crippen LogP contribution is -2.18. The summed E-state index contributed by atoms with van der Waals surface area (Å²) in [6.07, 6.45) is 0. The van der Waals surface area contributed by atoms with Gasteiger partial charge in [0.05, 0.1) is 7.11 Å². The van der Waals surface area contributed by atoms with E-state index < -0.39 is 0 Å². The minimum atomic E-state index is 0.201. The summed E-state index contributed by atoms with van der Waals surface area (Å²) in [6, 6.07) is 3.54. The number of anilines is 1. The molecule has 0 fully saturated rings. The van der Waals surface area contributed by atoms with Gasteiger partial charge in [-0.25, -0.2) is 0 Å². The van der Waals surface area contributed by atoms with Crippen molar-refractivity contribution < 1.29 is 4.74 Å². The predicted octanol–water partition coefficient (Wildman–Crippen LogP) is 3.34. The Balaban J connectivity index is 0.00000106. The summed E-state index contributed by atoms with van der Waals surface area (Å²) in [6.45, 7) is 5.88. The van der Waals surface area contributed by atoms with E-state index in [-0.39, 0.29) is 5.11 Å². The van der Waals surface area contributed by atoms with Gasteiger partial charge in [0.25, 0.3) is 0 Å². The van der Waals surface area contributed by atoms with Crippen molar-refractivity contribution >= 4 is 34.6 Å². The van der Waals surface area contributed by atoms with Crippen molar-refractivity contribution in [1.29, 1.82) is 0 Å². The minimum Gasteiger partial charge on any atom is -0.496 e. The van der Waals surface area contributed by atoms with Crippen molar-refractivity contribution in [1.82, 2.24) is 0 Å². The van der Waals surface area contributed by atoms with Gasteiger partial charge in [-0.1, -0.05) is 25.4 Å². The third-order valence-corrected chi connectivity index (χ3v) is 2.28. The molecule has 1 aromatic carbocycles. The number of nitrogens with one attached hydrogen (secondary N) is 1. The van der Waals surface area contributed by atoms with Crippen LogP contribution in [0.15, 0.2) is 12.1 Å². The number of rotatable bonds is 2. The van der Waals surface area contributed by atoms with E-state index in [9.17, 15) is 0 Å². The second-order valence-corrected chi connectivity index (χ2v) is 3.62. The van der Waals surface area contributed by atoms with Crippen molar-refractivity contribution in [3.8, 4) is 5.75 Å². The first-order valence-corrected chi connectivity index (χ1v) is 5.74. The van der Waals surface area contributed by atoms with Gasteiger partial charge in [-0.2, -0.15) is 0 Å². The summed E-state index contributed by atoms with van der Waals surface area (Å²) in [5.74, 6) is 0.705. The molecule has 0 saturated heterocycles. The Hall–Kier alpha value is -1.00. The molecule has 1 aromatic rings. The number of thiocarbonyl (C=S) groups is 1. The predicted molar refractivity (Wildman–Crippen MR) is 74.5 cm³/mol. The van der Waals surface area contributed by atoms with Crippen molar-refractivity contribution in [2.24, 2.45) is 5.73 Å². The molecule has 0 heterocycles. The Morgan fingerprint density at radius 3 is 2.44 bits per heavy atom. The van der Waals surface area contributed by atoms with Crippen LogP contribution >= 0.6 is 23.8 Å². The first-order chi connectivity index (χ1) is 7.54. The van der Waals surface area contributed by atoms with Crippen LogP contribution in [0.1, 0.15) is 19.4 Å². The van der Waals surface area contributed by atoms with E-state index in [2.05, 4.69) is 5.32 Å². The van der Waals surface area contributed by atoms with Gasteiger partial charge in [0.2, 0.25) is 0 Å². The molecule has 16 heavy (non-hydrogen) atoms. The Labute approximate surface area is 107 Å². The number of hydrogen-bond donors (Lipinski definition) is 2. The third-order valence-electron chi connectivity index (χ3n) is 1.78. The Bertz CT molecular complexity index is 369. The van der Waals surface area contributed by atoms with E-state index in [4.69, 9.17) is 34.3 Å². The molecule has 0 amide bonds. The highest BCUT2D eigenvalue weighted by Gasteiger charge is 2.05. The molecule has 1 rings (SSSR count). The molecule has 0 aromatic heterocycles. The van der Waals surface area contributed by atoms with E-state index in [1.165, 1.54) is 0 Å². The molecule has 5 heteroatoms. The average molecular weight is 261 g/mol. The lowest BCUT2D eigenvalue weighted by Gasteiger charge is -2.10. The maximum absolute atomic E-state index is 5.98. The van der Waals surface area contributed by atoms with Crippen LogP contribution in [-0.4, -0.2) is 12.2 Å². The number of methoxy groups -OCH3 is 1. The third kappa shape index (κ3) is 4.24. The fraction of sp³-hybridized carbons (Fsp3) is 0.364. The minimum absolute atomic E-state index is 0.201. The monoisotopic (exact) mass is 260 g/mol. The van der Waals surface area contributed by atoms with Crippen LogP contribution in [0.25, 0.3) is 0 Å². The first kappa shape index (κ1) is 15.0. The van der Waals surface area contributed by atoms with Crippen LogP contribution in [0.2, 0.25) is 5.02 Å². The van der Waals surface area contributed by atoms with Crippen LogP contribution in [0.4, 0.5) is 5.69 Å². The zero-order valence-electron chi connectivity index (χ0n) is 9.93. The summed E-state index contributed by atoms with van der Waals surface area (Å²) in [7, 11) is 1.59. The van der Waals surface area contributed by atoms with Crippen LogP contribution < -0.4 is 15.8 Å². The van der Waals surface area contributed by atoms with E-state index >= 15 is 0 Å². The SMILES string of the molecule is CC.COc1cc(NC(N)=S)cc(Cl)c1C. The highest BCUT2D eigenvalue weighted by molar-refractivity contribution is 7.80. The molecular weight excluding hydrogens is 244 g/mol. The molecule has 0 bridgehead atoms. The number of nitrogens with two attached hydrogens (primary N) is 1. The van der Waals surface area contributed by atoms with Crippen LogP contribution in [0.5, 0.6) is 5.75 Å². The summed E-state index contributed by atoms with van der Waals surface area (Å²) < 4.78 is 5.14. The van der Waals surface area contributed by atoms with Gasteiger partial charge in [-0.3, -0.25) is 0 Å². The van der Waals surface area contributed by atoms with Crippen molar-refractivity contribution in [2.75, 3.05) is 12.4 Å². The van der Waals surface area contributed by atoms with Gasteiger partial charge < -0.3 is 15.8 Å². The van der Waals surface area contributed by atoms with E-state index in [1.807, 2.05) is 20.8 Å². The molecule has 3 nitrogen and oxygen atoms in total. The molecule has 3 N–H and O–H groups in total. The summed E-state index contributed by atoms with van der Waals surface area (Å²) in [5, 5.41) is 3.61. The van der Waals surface area contributed by atoms with Crippen LogP contribution in [0, 0.1) is 6.92 Å². The molecular formula is C11H17ClN2OS. The Kier molecular flexibility index (Phi) is 6.85. The smallest absolute Gasteiger partial charge is 0.168 e. The van der Waals surface area contributed by atoms with Crippen LogP contribution in [0.3, 0.4) is 0 Å². The maximum atomic E-state index is 5.98. The summed E-state index contributed by atoms with van der Waals surface area (Å²) in [4.78, 5) is 0. The molecule has 0 atom stereocenters. The van der Waals surface area contributed by atoms with Gasteiger partial charge in [-0.05, 0) is 25.2 Å². The fourth-order valence-corrected chi connectivity index (χ4v) is 1.41. The van der Waals surface area contributed by atoms with Crippen molar-refractivity contribution in [3.63, 3.8) is 0 Å². The molecule has 90 valence electrons. The molecule has 0 aliphatic carbocycles. The standard InChI is InChI=1S/C9H11ClN2OS.C2H6/c1-5-7(10)3-6(12-9(11)14)4-8(5)13-2;1-2/h3-4H,1-2H3,(H3,11,12,14);1-2H3. The zero-order chi connectivity index (χ0) is 12.7. The Morgan fingerprint density at radius 1 is 1.44 bits per heavy atom. The highest BCUT2D eigenvalue weighted by atomic mass is 35.5. The molecule has 0 aliphatic heterocycles. The fourth-order valence-electron chi connectivity index (χ4n) is 1.08. The highest BCUT2D eigenvalue weighted by Crippen LogP contribution is 2.29. The maximum Gasteiger partial charge on any atom is 0.168 e. The summed E-state index contributed by atoms with van der Waals surface area (Å²) >= 11 is 10.7. The molecule has 0 radical (unpaired) electrons. The molecule has 0 unspecified atom stereocenters.